The summed E-state index contributed by atoms with van der Waals surface area (Å²) in [6, 6.07) is 5.47. The van der Waals surface area contributed by atoms with Crippen LogP contribution >= 0.6 is 0 Å². The normalized spacial score (nSPS) is 12.0. The van der Waals surface area contributed by atoms with Crippen LogP contribution in [0.3, 0.4) is 0 Å². The molecular weight excluding hydrogens is 311 g/mol. The molecule has 5 nitrogen and oxygen atoms in total. The standard InChI is InChI=1S/C15H22F3N3O2/c1-19-14(21-9-7-15(16,17)18)20-8-6-11-10-12(22-2)4-5-13(11)23-3/h4-5,10H,6-9H2,1-3H3,(H2,19,20,21). The lowest BCUT2D eigenvalue weighted by molar-refractivity contribution is -0.132. The van der Waals surface area contributed by atoms with E-state index in [0.717, 1.165) is 11.3 Å². The molecule has 0 saturated carbocycles. The number of halogens is 3. The van der Waals surface area contributed by atoms with E-state index in [2.05, 4.69) is 15.6 Å². The van der Waals surface area contributed by atoms with E-state index in [0.29, 0.717) is 24.7 Å². The molecule has 1 aromatic rings. The molecule has 0 aliphatic heterocycles. The average molecular weight is 333 g/mol. The summed E-state index contributed by atoms with van der Waals surface area (Å²) < 4.78 is 46.8. The zero-order chi connectivity index (χ0) is 17.3. The minimum Gasteiger partial charge on any atom is -0.497 e. The van der Waals surface area contributed by atoms with E-state index in [1.807, 2.05) is 12.1 Å². The van der Waals surface area contributed by atoms with E-state index in [4.69, 9.17) is 9.47 Å². The predicted molar refractivity (Wildman–Crippen MR) is 83.3 cm³/mol. The highest BCUT2D eigenvalue weighted by Gasteiger charge is 2.26. The van der Waals surface area contributed by atoms with Crippen molar-refractivity contribution >= 4 is 5.96 Å². The van der Waals surface area contributed by atoms with Gasteiger partial charge in [0.25, 0.3) is 0 Å². The van der Waals surface area contributed by atoms with Crippen LogP contribution in [-0.4, -0.2) is 46.5 Å². The monoisotopic (exact) mass is 333 g/mol. The Morgan fingerprint density at radius 3 is 2.39 bits per heavy atom. The summed E-state index contributed by atoms with van der Waals surface area (Å²) in [5.74, 6) is 1.78. The number of guanidine groups is 1. The van der Waals surface area contributed by atoms with Gasteiger partial charge in [-0.15, -0.1) is 0 Å². The highest BCUT2D eigenvalue weighted by molar-refractivity contribution is 5.79. The van der Waals surface area contributed by atoms with Gasteiger partial charge in [0.05, 0.1) is 20.6 Å². The molecule has 0 bridgehead atoms. The molecule has 0 atom stereocenters. The summed E-state index contributed by atoms with van der Waals surface area (Å²) in [5.41, 5.74) is 0.935. The van der Waals surface area contributed by atoms with Gasteiger partial charge in [0, 0.05) is 20.1 Å². The fourth-order valence-electron chi connectivity index (χ4n) is 1.94. The molecule has 0 aliphatic carbocycles. The third-order valence-corrected chi connectivity index (χ3v) is 3.10. The number of hydrogen-bond donors (Lipinski definition) is 2. The molecule has 23 heavy (non-hydrogen) atoms. The Morgan fingerprint density at radius 1 is 1.13 bits per heavy atom. The van der Waals surface area contributed by atoms with Gasteiger partial charge in [-0.3, -0.25) is 4.99 Å². The van der Waals surface area contributed by atoms with Gasteiger partial charge in [-0.05, 0) is 30.2 Å². The predicted octanol–water partition coefficient (Wildman–Crippen LogP) is 2.36. The third-order valence-electron chi connectivity index (χ3n) is 3.10. The minimum atomic E-state index is -4.18. The molecular formula is C15H22F3N3O2. The fraction of sp³-hybridized carbons (Fsp3) is 0.533. The molecule has 0 amide bonds. The summed E-state index contributed by atoms with van der Waals surface area (Å²) in [7, 11) is 4.67. The number of nitrogens with zero attached hydrogens (tertiary/aromatic N) is 1. The molecule has 0 aromatic heterocycles. The highest BCUT2D eigenvalue weighted by Crippen LogP contribution is 2.24. The van der Waals surface area contributed by atoms with Crippen molar-refractivity contribution in [3.8, 4) is 11.5 Å². The Hall–Kier alpha value is -2.12. The van der Waals surface area contributed by atoms with Crippen LogP contribution in [0.25, 0.3) is 0 Å². The van der Waals surface area contributed by atoms with Gasteiger partial charge in [-0.2, -0.15) is 13.2 Å². The first kappa shape index (κ1) is 18.9. The third kappa shape index (κ3) is 7.12. The number of benzene rings is 1. The van der Waals surface area contributed by atoms with Crippen molar-refractivity contribution in [1.82, 2.24) is 10.6 Å². The lowest BCUT2D eigenvalue weighted by atomic mass is 10.1. The molecule has 1 aromatic carbocycles. The number of aliphatic imine (C=N–C) groups is 1. The Morgan fingerprint density at radius 2 is 1.83 bits per heavy atom. The van der Waals surface area contributed by atoms with Gasteiger partial charge in [0.15, 0.2) is 5.96 Å². The molecule has 130 valence electrons. The van der Waals surface area contributed by atoms with Crippen LogP contribution in [0.2, 0.25) is 0 Å². The van der Waals surface area contributed by atoms with Gasteiger partial charge >= 0.3 is 6.18 Å². The number of hydrogen-bond acceptors (Lipinski definition) is 3. The highest BCUT2D eigenvalue weighted by atomic mass is 19.4. The lowest BCUT2D eigenvalue weighted by Crippen LogP contribution is -2.39. The van der Waals surface area contributed by atoms with E-state index in [-0.39, 0.29) is 6.54 Å². The Labute approximate surface area is 133 Å². The first-order valence-electron chi connectivity index (χ1n) is 7.11. The second-order valence-electron chi connectivity index (χ2n) is 4.72. The lowest BCUT2D eigenvalue weighted by Gasteiger charge is -2.14. The molecule has 0 unspecified atom stereocenters. The molecule has 0 spiro atoms. The Balaban J connectivity index is 2.48. The number of nitrogens with one attached hydrogen (secondary N) is 2. The minimum absolute atomic E-state index is 0.217. The van der Waals surface area contributed by atoms with Crippen LogP contribution in [0.1, 0.15) is 12.0 Å². The van der Waals surface area contributed by atoms with Crippen LogP contribution < -0.4 is 20.1 Å². The summed E-state index contributed by atoms with van der Waals surface area (Å²) in [4.78, 5) is 3.89. The molecule has 0 aliphatic rings. The second-order valence-corrected chi connectivity index (χ2v) is 4.72. The number of ether oxygens (including phenoxy) is 2. The topological polar surface area (TPSA) is 54.9 Å². The summed E-state index contributed by atoms with van der Waals surface area (Å²) in [6.07, 6.45) is -4.47. The van der Waals surface area contributed by atoms with Crippen LogP contribution in [0, 0.1) is 0 Å². The maximum Gasteiger partial charge on any atom is 0.390 e. The molecule has 0 saturated heterocycles. The van der Waals surface area contributed by atoms with Crippen molar-refractivity contribution in [3.63, 3.8) is 0 Å². The summed E-state index contributed by atoms with van der Waals surface area (Å²) >= 11 is 0. The Bertz CT molecular complexity index is 519. The van der Waals surface area contributed by atoms with E-state index >= 15 is 0 Å². The van der Waals surface area contributed by atoms with Gasteiger partial charge in [-0.1, -0.05) is 0 Å². The molecule has 2 N–H and O–H groups in total. The smallest absolute Gasteiger partial charge is 0.390 e. The van der Waals surface area contributed by atoms with E-state index in [1.54, 1.807) is 20.3 Å². The average Bonchev–Trinajstić information content (AvgIpc) is 2.52. The molecule has 1 rings (SSSR count). The van der Waals surface area contributed by atoms with Crippen molar-refractivity contribution in [1.29, 1.82) is 0 Å². The van der Waals surface area contributed by atoms with Gasteiger partial charge in [0.1, 0.15) is 11.5 Å². The quantitative estimate of drug-likeness (QED) is 0.594. The van der Waals surface area contributed by atoms with Crippen molar-refractivity contribution in [3.05, 3.63) is 23.8 Å². The maximum atomic E-state index is 12.1. The number of methoxy groups -OCH3 is 2. The van der Waals surface area contributed by atoms with E-state index in [9.17, 15) is 13.2 Å². The zero-order valence-corrected chi connectivity index (χ0v) is 13.5. The zero-order valence-electron chi connectivity index (χ0n) is 13.5. The molecule has 0 heterocycles. The van der Waals surface area contributed by atoms with Gasteiger partial charge < -0.3 is 20.1 Å². The van der Waals surface area contributed by atoms with Gasteiger partial charge in [0.2, 0.25) is 0 Å². The van der Waals surface area contributed by atoms with Crippen LogP contribution in [0.15, 0.2) is 23.2 Å². The molecule has 0 fully saturated rings. The molecule has 8 heteroatoms. The Kier molecular flexibility index (Phi) is 7.50. The van der Waals surface area contributed by atoms with Crippen molar-refractivity contribution in [2.45, 2.75) is 19.0 Å². The largest absolute Gasteiger partial charge is 0.497 e. The second kappa shape index (κ2) is 9.12. The molecule has 0 radical (unpaired) electrons. The maximum absolute atomic E-state index is 12.1. The van der Waals surface area contributed by atoms with Crippen LogP contribution in [-0.2, 0) is 6.42 Å². The number of rotatable bonds is 7. The van der Waals surface area contributed by atoms with E-state index in [1.165, 1.54) is 7.05 Å². The van der Waals surface area contributed by atoms with Gasteiger partial charge in [-0.25, -0.2) is 0 Å². The van der Waals surface area contributed by atoms with Crippen molar-refractivity contribution < 1.29 is 22.6 Å². The van der Waals surface area contributed by atoms with Crippen LogP contribution in [0.4, 0.5) is 13.2 Å². The van der Waals surface area contributed by atoms with Crippen LogP contribution in [0.5, 0.6) is 11.5 Å². The number of alkyl halides is 3. The van der Waals surface area contributed by atoms with Crippen molar-refractivity contribution in [2.75, 3.05) is 34.4 Å². The first-order chi connectivity index (χ1) is 10.9. The first-order valence-corrected chi connectivity index (χ1v) is 7.11. The van der Waals surface area contributed by atoms with Crippen molar-refractivity contribution in [2.24, 2.45) is 4.99 Å². The SMILES string of the molecule is CN=C(NCCc1cc(OC)ccc1OC)NCCC(F)(F)F. The fourth-order valence-corrected chi connectivity index (χ4v) is 1.94. The summed E-state index contributed by atoms with van der Waals surface area (Å²) in [5, 5.41) is 5.59. The summed E-state index contributed by atoms with van der Waals surface area (Å²) in [6.45, 7) is 0.279. The van der Waals surface area contributed by atoms with E-state index < -0.39 is 12.6 Å².